The Hall–Kier alpha value is -7.18. The molecule has 8 aromatic carbocycles. The zero-order chi connectivity index (χ0) is 35.1. The molecule has 0 unspecified atom stereocenters. The minimum Gasteiger partial charge on any atom is -0.454 e. The van der Waals surface area contributed by atoms with E-state index in [-0.39, 0.29) is 6.71 Å². The van der Waals surface area contributed by atoms with Crippen LogP contribution >= 0.6 is 0 Å². The largest absolute Gasteiger partial charge is 0.454 e. The predicted molar refractivity (Wildman–Crippen MR) is 223 cm³/mol. The second-order valence-corrected chi connectivity index (χ2v) is 14.4. The molecule has 0 N–H and O–H groups in total. The van der Waals surface area contributed by atoms with Gasteiger partial charge < -0.3 is 23.5 Å². The fourth-order valence-corrected chi connectivity index (χ4v) is 9.65. The van der Waals surface area contributed by atoms with Gasteiger partial charge >= 0.3 is 0 Å². The zero-order valence-electron chi connectivity index (χ0n) is 28.9. The topological polar surface area (TPSA) is 36.0 Å². The lowest BCUT2D eigenvalue weighted by molar-refractivity contribution is 0.666. The van der Waals surface area contributed by atoms with E-state index in [4.69, 9.17) is 8.83 Å². The van der Waals surface area contributed by atoms with E-state index >= 15 is 0 Å². The summed E-state index contributed by atoms with van der Waals surface area (Å²) in [5.41, 5.74) is 17.2. The summed E-state index contributed by atoms with van der Waals surface area (Å²) in [5.74, 6) is 0. The highest BCUT2D eigenvalue weighted by molar-refractivity contribution is 7.03. The summed E-state index contributed by atoms with van der Waals surface area (Å²) in [7, 11) is 0. The van der Waals surface area contributed by atoms with Crippen molar-refractivity contribution in [1.82, 2.24) is 0 Å². The molecule has 13 rings (SSSR count). The number of hydrogen-bond donors (Lipinski definition) is 0. The van der Waals surface area contributed by atoms with Crippen LogP contribution in [0.2, 0.25) is 0 Å². The number of benzene rings is 8. The van der Waals surface area contributed by atoms with Crippen LogP contribution in [0.25, 0.3) is 43.9 Å². The molecule has 0 radical (unpaired) electrons. The number of anilines is 9. The van der Waals surface area contributed by atoms with Crippen LogP contribution in [0.4, 0.5) is 51.2 Å². The van der Waals surface area contributed by atoms with E-state index in [0.717, 1.165) is 83.7 Å². The Bertz CT molecular complexity index is 3000. The number of para-hydroxylation sites is 5. The molecule has 0 saturated heterocycles. The minimum atomic E-state index is -0.0960. The van der Waals surface area contributed by atoms with Gasteiger partial charge in [-0.2, -0.15) is 0 Å². The molecular weight excluding hydrogens is 661 g/mol. The maximum absolute atomic E-state index is 7.02. The molecule has 5 heterocycles. The molecule has 0 saturated carbocycles. The summed E-state index contributed by atoms with van der Waals surface area (Å²) in [4.78, 5) is 7.38. The van der Waals surface area contributed by atoms with Crippen molar-refractivity contribution >= 4 is 118 Å². The van der Waals surface area contributed by atoms with Crippen LogP contribution in [0.5, 0.6) is 0 Å². The summed E-state index contributed by atoms with van der Waals surface area (Å²) in [6.45, 7) is -0.0960. The van der Waals surface area contributed by atoms with Gasteiger partial charge in [-0.1, -0.05) is 97.1 Å². The van der Waals surface area contributed by atoms with Gasteiger partial charge in [0.15, 0.2) is 11.2 Å². The molecule has 0 fully saturated rings. The number of furan rings is 2. The summed E-state index contributed by atoms with van der Waals surface area (Å²) < 4.78 is 14.0. The van der Waals surface area contributed by atoms with Crippen LogP contribution in [0.1, 0.15) is 0 Å². The Balaban J connectivity index is 1.30. The van der Waals surface area contributed by atoms with E-state index in [2.05, 4.69) is 185 Å². The summed E-state index contributed by atoms with van der Waals surface area (Å²) >= 11 is 0. The van der Waals surface area contributed by atoms with Crippen molar-refractivity contribution in [2.75, 3.05) is 14.7 Å². The van der Waals surface area contributed by atoms with Gasteiger partial charge in [-0.25, -0.2) is 0 Å². The van der Waals surface area contributed by atoms with E-state index < -0.39 is 0 Å². The van der Waals surface area contributed by atoms with Crippen LogP contribution in [0.15, 0.2) is 179 Å². The van der Waals surface area contributed by atoms with Gasteiger partial charge in [0.05, 0.1) is 11.4 Å². The van der Waals surface area contributed by atoms with Crippen molar-refractivity contribution in [1.29, 1.82) is 0 Å². The Labute approximate surface area is 310 Å². The Morgan fingerprint density at radius 2 is 0.741 bits per heavy atom. The van der Waals surface area contributed by atoms with Crippen LogP contribution in [-0.2, 0) is 0 Å². The van der Waals surface area contributed by atoms with Gasteiger partial charge in [0.1, 0.15) is 11.2 Å². The van der Waals surface area contributed by atoms with Crippen molar-refractivity contribution in [2.24, 2.45) is 0 Å². The second-order valence-electron chi connectivity index (χ2n) is 14.4. The van der Waals surface area contributed by atoms with Gasteiger partial charge in [0.25, 0.3) is 6.71 Å². The fourth-order valence-electron chi connectivity index (χ4n) is 9.65. The van der Waals surface area contributed by atoms with Gasteiger partial charge in [0.2, 0.25) is 0 Å². The Morgan fingerprint density at radius 3 is 1.20 bits per heavy atom. The first-order chi connectivity index (χ1) is 26.8. The van der Waals surface area contributed by atoms with Gasteiger partial charge in [-0.3, -0.25) is 0 Å². The number of rotatable bonds is 3. The average Bonchev–Trinajstić information content (AvgIpc) is 3.80. The van der Waals surface area contributed by atoms with Crippen LogP contribution in [0.3, 0.4) is 0 Å². The minimum absolute atomic E-state index is 0.0960. The number of fused-ring (bicyclic) bond motifs is 8. The number of nitrogens with zero attached hydrogens (tertiary/aromatic N) is 3. The lowest BCUT2D eigenvalue weighted by Gasteiger charge is -2.49. The Kier molecular flexibility index (Phi) is 5.39. The van der Waals surface area contributed by atoms with E-state index in [9.17, 15) is 0 Å². The first kappa shape index (κ1) is 28.4. The van der Waals surface area contributed by atoms with Gasteiger partial charge in [-0.05, 0) is 89.2 Å². The highest BCUT2D eigenvalue weighted by Crippen LogP contribution is 2.55. The molecule has 10 aromatic rings. The molecule has 250 valence electrons. The van der Waals surface area contributed by atoms with Crippen molar-refractivity contribution in [3.63, 3.8) is 0 Å². The van der Waals surface area contributed by atoms with Crippen LogP contribution < -0.4 is 31.1 Å². The van der Waals surface area contributed by atoms with E-state index in [1.54, 1.807) is 0 Å². The summed E-state index contributed by atoms with van der Waals surface area (Å²) in [6, 6.07) is 60.7. The average molecular weight is 690 g/mol. The maximum atomic E-state index is 7.02. The van der Waals surface area contributed by atoms with E-state index in [1.807, 2.05) is 0 Å². The normalized spacial score (nSPS) is 13.8. The molecule has 3 aliphatic rings. The van der Waals surface area contributed by atoms with Gasteiger partial charge in [0, 0.05) is 61.4 Å². The third kappa shape index (κ3) is 3.50. The summed E-state index contributed by atoms with van der Waals surface area (Å²) in [6.07, 6.45) is 0. The highest BCUT2D eigenvalue weighted by Gasteiger charge is 2.51. The molecule has 6 heteroatoms. The molecule has 0 bridgehead atoms. The molecule has 54 heavy (non-hydrogen) atoms. The second kappa shape index (κ2) is 10.2. The third-order valence-corrected chi connectivity index (χ3v) is 11.7. The van der Waals surface area contributed by atoms with E-state index in [0.29, 0.717) is 0 Å². The molecule has 0 amide bonds. The smallest absolute Gasteiger partial charge is 0.258 e. The molecule has 0 spiro atoms. The lowest BCUT2D eigenvalue weighted by atomic mass is 9.31. The quantitative estimate of drug-likeness (QED) is 0.173. The number of hydrogen-bond acceptors (Lipinski definition) is 5. The van der Waals surface area contributed by atoms with Gasteiger partial charge in [-0.15, -0.1) is 0 Å². The van der Waals surface area contributed by atoms with Crippen LogP contribution in [0, 0.1) is 0 Å². The van der Waals surface area contributed by atoms with Crippen molar-refractivity contribution < 1.29 is 8.83 Å². The fraction of sp³-hybridized carbons (Fsp3) is 0. The van der Waals surface area contributed by atoms with E-state index in [1.165, 1.54) is 27.8 Å². The standard InChI is InChI=1S/C48H28BN3O2/c1-4-15-29(16-5-1)50-36-23-14-24-37-42(36)49-43-38(50)27-34-32-21-10-12-25-40(32)53-47(34)45(43)52(31-19-8-3-9-20-31)46-44(49)39(51(37)30-17-6-2-7-18-30)28-35-33-22-11-13-26-41(33)54-48(35)46/h1-28H. The highest BCUT2D eigenvalue weighted by atomic mass is 16.3. The first-order valence-corrected chi connectivity index (χ1v) is 18.5. The monoisotopic (exact) mass is 689 g/mol. The Morgan fingerprint density at radius 1 is 0.333 bits per heavy atom. The lowest BCUT2D eigenvalue weighted by Crippen LogP contribution is -2.65. The molecule has 0 atom stereocenters. The molecular formula is C48H28BN3O2. The first-order valence-electron chi connectivity index (χ1n) is 18.5. The third-order valence-electron chi connectivity index (χ3n) is 11.7. The predicted octanol–water partition coefficient (Wildman–Crippen LogP) is 11.4. The molecule has 2 aromatic heterocycles. The maximum Gasteiger partial charge on any atom is 0.258 e. The SMILES string of the molecule is c1ccc(N2c3cccc4c3B3c5c2cc2c(oc6ccccc62)c5N(c2ccccc2)c2c3c(cc3c2oc2ccccc23)N4c2ccccc2)cc1. The molecule has 3 aliphatic heterocycles. The van der Waals surface area contributed by atoms with Crippen LogP contribution in [-0.4, -0.2) is 6.71 Å². The van der Waals surface area contributed by atoms with Crippen molar-refractivity contribution in [3.8, 4) is 0 Å². The molecule has 5 nitrogen and oxygen atoms in total. The molecule has 0 aliphatic carbocycles. The summed E-state index contributed by atoms with van der Waals surface area (Å²) in [5, 5.41) is 4.37. The zero-order valence-corrected chi connectivity index (χ0v) is 28.9. The van der Waals surface area contributed by atoms with Crippen molar-refractivity contribution in [2.45, 2.75) is 0 Å². The van der Waals surface area contributed by atoms with Crippen molar-refractivity contribution in [3.05, 3.63) is 170 Å².